The lowest BCUT2D eigenvalue weighted by atomic mass is 10.5. The first kappa shape index (κ1) is 15.1. The maximum absolute atomic E-state index is 9.53. The first-order valence-corrected chi connectivity index (χ1v) is 4.11. The summed E-state index contributed by atoms with van der Waals surface area (Å²) in [5, 5.41) is 17.2. The van der Waals surface area contributed by atoms with E-state index in [1.807, 2.05) is 0 Å². The van der Waals surface area contributed by atoms with E-state index in [-0.39, 0.29) is 0 Å². The van der Waals surface area contributed by atoms with E-state index in [9.17, 15) is 14.7 Å². The molecule has 0 aliphatic rings. The Balaban J connectivity index is 0. The van der Waals surface area contributed by atoms with Crippen molar-refractivity contribution in [1.29, 1.82) is 0 Å². The van der Waals surface area contributed by atoms with Crippen molar-refractivity contribution < 1.29 is 24.3 Å². The van der Waals surface area contributed by atoms with Crippen LogP contribution < -0.4 is 5.11 Å². The predicted molar refractivity (Wildman–Crippen MR) is 50.4 cm³/mol. The van der Waals surface area contributed by atoms with Crippen LogP contribution in [-0.2, 0) is 9.59 Å². The summed E-state index contributed by atoms with van der Waals surface area (Å²) in [6, 6.07) is 0. The highest BCUT2D eigenvalue weighted by Gasteiger charge is 1.97. The molecule has 0 saturated carbocycles. The number of quaternary nitrogens is 1. The summed E-state index contributed by atoms with van der Waals surface area (Å²) in [7, 11) is 6.54. The zero-order valence-corrected chi connectivity index (χ0v) is 8.98. The molecule has 0 spiro atoms. The van der Waals surface area contributed by atoms with E-state index in [1.54, 1.807) is 0 Å². The summed E-state index contributed by atoms with van der Waals surface area (Å²) in [6.07, 6.45) is 0.942. The zero-order chi connectivity index (χ0) is 11.8. The van der Waals surface area contributed by atoms with Crippen molar-refractivity contribution in [3.63, 3.8) is 0 Å². The van der Waals surface area contributed by atoms with Gasteiger partial charge in [-0.15, -0.1) is 0 Å². The Kier molecular flexibility index (Phi) is 7.65. The van der Waals surface area contributed by atoms with Crippen LogP contribution in [0.2, 0.25) is 0 Å². The number of hydrogen-bond donors (Lipinski definition) is 1. The van der Waals surface area contributed by atoms with Crippen LogP contribution in [0.4, 0.5) is 0 Å². The quantitative estimate of drug-likeness (QED) is 0.476. The number of rotatable bonds is 3. The molecule has 0 aromatic carbocycles. The van der Waals surface area contributed by atoms with Gasteiger partial charge in [0.15, 0.2) is 0 Å². The van der Waals surface area contributed by atoms with E-state index in [4.69, 9.17) is 5.11 Å². The predicted octanol–water partition coefficient (Wildman–Crippen LogP) is -0.910. The van der Waals surface area contributed by atoms with Gasteiger partial charge >= 0.3 is 5.97 Å². The highest BCUT2D eigenvalue weighted by atomic mass is 16.4. The number of carboxylic acids is 2. The Labute approximate surface area is 83.9 Å². The minimum Gasteiger partial charge on any atom is -0.545 e. The van der Waals surface area contributed by atoms with Gasteiger partial charge in [-0.1, -0.05) is 0 Å². The Hall–Kier alpha value is -1.36. The van der Waals surface area contributed by atoms with Crippen molar-refractivity contribution in [3.05, 3.63) is 12.2 Å². The summed E-state index contributed by atoms with van der Waals surface area (Å²) < 4.78 is 1.07. The van der Waals surface area contributed by atoms with Crippen LogP contribution in [-0.4, -0.2) is 49.2 Å². The molecule has 0 rings (SSSR count). The third kappa shape index (κ3) is 22.4. The molecule has 0 aliphatic carbocycles. The normalized spacial score (nSPS) is 10.6. The van der Waals surface area contributed by atoms with Crippen LogP contribution in [0.3, 0.4) is 0 Å². The Bertz CT molecular complexity index is 199. The smallest absolute Gasteiger partial charge is 0.328 e. The lowest BCUT2D eigenvalue weighted by molar-refractivity contribution is -0.868. The Morgan fingerprint density at radius 3 is 1.71 bits per heavy atom. The molecule has 0 aliphatic heterocycles. The van der Waals surface area contributed by atoms with Crippen LogP contribution >= 0.6 is 0 Å². The highest BCUT2D eigenvalue weighted by molar-refractivity contribution is 5.88. The maximum atomic E-state index is 9.53. The molecule has 0 aromatic rings. The largest absolute Gasteiger partial charge is 0.545 e. The van der Waals surface area contributed by atoms with Crippen molar-refractivity contribution in [2.45, 2.75) is 6.92 Å². The molecule has 1 N–H and O–H groups in total. The summed E-state index contributed by atoms with van der Waals surface area (Å²) >= 11 is 0. The molecule has 0 heterocycles. The molecular weight excluding hydrogens is 186 g/mol. The minimum atomic E-state index is -1.51. The highest BCUT2D eigenvalue weighted by Crippen LogP contribution is 1.83. The van der Waals surface area contributed by atoms with Crippen molar-refractivity contribution in [2.24, 2.45) is 0 Å². The molecule has 0 bridgehead atoms. The van der Waals surface area contributed by atoms with Crippen molar-refractivity contribution in [3.8, 4) is 0 Å². The molecule has 0 aromatic heterocycles. The fourth-order valence-corrected chi connectivity index (χ4v) is 0.139. The van der Waals surface area contributed by atoms with Crippen LogP contribution in [0.5, 0.6) is 0 Å². The SMILES string of the molecule is CC[N+](C)(C)C.O=C([O-])C=CC(=O)O. The third-order valence-electron chi connectivity index (χ3n) is 1.31. The number of carbonyl (C=O) groups excluding carboxylic acids is 1. The molecule has 0 radical (unpaired) electrons. The number of carbonyl (C=O) groups is 2. The number of aliphatic carboxylic acids is 2. The molecule has 0 fully saturated rings. The van der Waals surface area contributed by atoms with Crippen LogP contribution in [0, 0.1) is 0 Å². The van der Waals surface area contributed by atoms with E-state index >= 15 is 0 Å². The second kappa shape index (κ2) is 7.08. The van der Waals surface area contributed by atoms with Gasteiger partial charge in [-0.3, -0.25) is 0 Å². The first-order valence-electron chi connectivity index (χ1n) is 4.11. The monoisotopic (exact) mass is 203 g/mol. The topological polar surface area (TPSA) is 77.4 Å². The molecule has 14 heavy (non-hydrogen) atoms. The molecule has 5 nitrogen and oxygen atoms in total. The fraction of sp³-hybridized carbons (Fsp3) is 0.556. The van der Waals surface area contributed by atoms with Gasteiger partial charge in [0.05, 0.1) is 33.7 Å². The maximum Gasteiger partial charge on any atom is 0.328 e. The van der Waals surface area contributed by atoms with E-state index in [0.29, 0.717) is 12.2 Å². The van der Waals surface area contributed by atoms with E-state index < -0.39 is 11.9 Å². The van der Waals surface area contributed by atoms with E-state index in [0.717, 1.165) is 4.48 Å². The average molecular weight is 203 g/mol. The second-order valence-corrected chi connectivity index (χ2v) is 3.60. The molecule has 5 heteroatoms. The van der Waals surface area contributed by atoms with Crippen LogP contribution in [0.25, 0.3) is 0 Å². The average Bonchev–Trinajstić information content (AvgIpc) is 2.01. The molecule has 0 saturated heterocycles. The molecule has 82 valence electrons. The van der Waals surface area contributed by atoms with Gasteiger partial charge in [0.1, 0.15) is 0 Å². The molecular formula is C9H17NO4. The molecule has 0 atom stereocenters. The second-order valence-electron chi connectivity index (χ2n) is 3.60. The third-order valence-corrected chi connectivity index (χ3v) is 1.31. The first-order chi connectivity index (χ1) is 6.19. The fourth-order valence-electron chi connectivity index (χ4n) is 0.139. The summed E-state index contributed by atoms with van der Waals surface area (Å²) in [4.78, 5) is 19.0. The van der Waals surface area contributed by atoms with Crippen LogP contribution in [0.1, 0.15) is 6.92 Å². The Morgan fingerprint density at radius 2 is 1.64 bits per heavy atom. The lowest BCUT2D eigenvalue weighted by Crippen LogP contribution is -2.33. The van der Waals surface area contributed by atoms with Gasteiger partial charge in [0.25, 0.3) is 0 Å². The van der Waals surface area contributed by atoms with Crippen molar-refractivity contribution in [1.82, 2.24) is 0 Å². The van der Waals surface area contributed by atoms with Gasteiger partial charge in [-0.05, 0) is 13.0 Å². The molecule has 0 amide bonds. The van der Waals surface area contributed by atoms with Crippen molar-refractivity contribution in [2.75, 3.05) is 27.7 Å². The van der Waals surface area contributed by atoms with E-state index in [1.165, 1.54) is 6.54 Å². The van der Waals surface area contributed by atoms with Crippen LogP contribution in [0.15, 0.2) is 12.2 Å². The van der Waals surface area contributed by atoms with Crippen molar-refractivity contribution >= 4 is 11.9 Å². The number of carboxylic acid groups (broad SMARTS) is 2. The van der Waals surface area contributed by atoms with Gasteiger partial charge in [-0.2, -0.15) is 0 Å². The minimum absolute atomic E-state index is 0.447. The summed E-state index contributed by atoms with van der Waals surface area (Å²) in [5.74, 6) is -2.80. The van der Waals surface area contributed by atoms with Gasteiger partial charge < -0.3 is 19.5 Å². The van der Waals surface area contributed by atoms with Gasteiger partial charge in [0.2, 0.25) is 0 Å². The molecule has 0 unspecified atom stereocenters. The lowest BCUT2D eigenvalue weighted by Gasteiger charge is -2.20. The number of hydrogen-bond acceptors (Lipinski definition) is 3. The standard InChI is InChI=1S/C5H14N.C4H4O4/c1-5-6(2,3)4;5-3(6)1-2-4(7)8/h5H2,1-4H3;1-2H,(H,5,6)(H,7,8)/q+1;/p-1. The summed E-state index contributed by atoms with van der Waals surface area (Å²) in [6.45, 7) is 3.39. The van der Waals surface area contributed by atoms with Gasteiger partial charge in [0, 0.05) is 6.08 Å². The zero-order valence-electron chi connectivity index (χ0n) is 8.98. The van der Waals surface area contributed by atoms with Gasteiger partial charge in [-0.25, -0.2) is 4.79 Å². The number of nitrogens with zero attached hydrogens (tertiary/aromatic N) is 1. The van der Waals surface area contributed by atoms with E-state index in [2.05, 4.69) is 28.1 Å². The summed E-state index contributed by atoms with van der Waals surface area (Å²) in [5.41, 5.74) is 0. The Morgan fingerprint density at radius 1 is 1.29 bits per heavy atom.